The van der Waals surface area contributed by atoms with Crippen LogP contribution in [0.1, 0.15) is 6.92 Å². The Hall–Kier alpha value is -2.04. The highest BCUT2D eigenvalue weighted by Crippen LogP contribution is 2.07. The number of carbonyl (C=O) groups excluding carboxylic acids is 1. The number of hydrazone groups is 1. The Kier molecular flexibility index (Phi) is 4.15. The van der Waals surface area contributed by atoms with E-state index in [1.54, 1.807) is 6.92 Å². The number of urea groups is 1. The first-order valence-corrected chi connectivity index (χ1v) is 4.45. The minimum atomic E-state index is -0.686. The number of primary amides is 1. The zero-order valence-electron chi connectivity index (χ0n) is 8.43. The van der Waals surface area contributed by atoms with E-state index in [9.17, 15) is 4.79 Å². The van der Waals surface area contributed by atoms with E-state index in [1.807, 2.05) is 30.3 Å². The second-order valence-electron chi connectivity index (χ2n) is 2.92. The van der Waals surface area contributed by atoms with E-state index in [-0.39, 0.29) is 0 Å². The van der Waals surface area contributed by atoms with E-state index in [0.717, 1.165) is 5.75 Å². The maximum Gasteiger partial charge on any atom is 0.332 e. The molecular formula is C10H13N3O2. The van der Waals surface area contributed by atoms with Gasteiger partial charge >= 0.3 is 6.03 Å². The van der Waals surface area contributed by atoms with E-state index >= 15 is 0 Å². The Bertz CT molecular complexity index is 349. The molecule has 0 saturated carbocycles. The molecule has 3 N–H and O–H groups in total. The van der Waals surface area contributed by atoms with Gasteiger partial charge in [-0.2, -0.15) is 5.10 Å². The Morgan fingerprint density at radius 1 is 1.47 bits per heavy atom. The largest absolute Gasteiger partial charge is 0.488 e. The number of hydrogen-bond donors (Lipinski definition) is 2. The molecule has 0 unspecified atom stereocenters. The summed E-state index contributed by atoms with van der Waals surface area (Å²) >= 11 is 0. The van der Waals surface area contributed by atoms with Gasteiger partial charge < -0.3 is 10.5 Å². The molecule has 0 aliphatic heterocycles. The first-order valence-electron chi connectivity index (χ1n) is 4.45. The van der Waals surface area contributed by atoms with Crippen LogP contribution in [0.5, 0.6) is 5.75 Å². The molecular weight excluding hydrogens is 194 g/mol. The van der Waals surface area contributed by atoms with Crippen LogP contribution in [0, 0.1) is 0 Å². The lowest BCUT2D eigenvalue weighted by molar-refractivity contribution is 0.249. The van der Waals surface area contributed by atoms with Crippen molar-refractivity contribution in [1.82, 2.24) is 5.43 Å². The summed E-state index contributed by atoms with van der Waals surface area (Å²) in [5.41, 5.74) is 7.62. The maximum absolute atomic E-state index is 10.3. The fourth-order valence-electron chi connectivity index (χ4n) is 0.887. The average molecular weight is 207 g/mol. The first kappa shape index (κ1) is 11.0. The Morgan fingerprint density at radius 2 is 2.13 bits per heavy atom. The molecule has 5 heteroatoms. The van der Waals surface area contributed by atoms with Gasteiger partial charge in [-0.05, 0) is 19.1 Å². The molecule has 0 atom stereocenters. The Balaban J connectivity index is 2.37. The Labute approximate surface area is 87.9 Å². The van der Waals surface area contributed by atoms with E-state index in [4.69, 9.17) is 10.5 Å². The van der Waals surface area contributed by atoms with Gasteiger partial charge in [0, 0.05) is 0 Å². The second kappa shape index (κ2) is 5.64. The summed E-state index contributed by atoms with van der Waals surface area (Å²) in [6, 6.07) is 8.66. The number of nitrogens with one attached hydrogen (secondary N) is 1. The van der Waals surface area contributed by atoms with Crippen molar-refractivity contribution in [2.24, 2.45) is 10.8 Å². The van der Waals surface area contributed by atoms with E-state index < -0.39 is 6.03 Å². The minimum absolute atomic E-state index is 0.310. The van der Waals surface area contributed by atoms with Crippen molar-refractivity contribution in [3.63, 3.8) is 0 Å². The summed E-state index contributed by atoms with van der Waals surface area (Å²) in [6.07, 6.45) is 0. The highest BCUT2D eigenvalue weighted by atomic mass is 16.5. The van der Waals surface area contributed by atoms with Gasteiger partial charge in [-0.3, -0.25) is 0 Å². The zero-order valence-corrected chi connectivity index (χ0v) is 8.43. The molecule has 1 aromatic rings. The van der Waals surface area contributed by atoms with Crippen molar-refractivity contribution in [3.8, 4) is 5.75 Å². The summed E-state index contributed by atoms with van der Waals surface area (Å²) in [7, 11) is 0. The molecule has 0 spiro atoms. The van der Waals surface area contributed by atoms with Crippen LogP contribution < -0.4 is 15.9 Å². The number of ether oxygens (including phenoxy) is 1. The lowest BCUT2D eigenvalue weighted by Crippen LogP contribution is -2.26. The lowest BCUT2D eigenvalue weighted by atomic mass is 10.3. The third-order valence-corrected chi connectivity index (χ3v) is 1.55. The van der Waals surface area contributed by atoms with Crippen LogP contribution in [0.2, 0.25) is 0 Å². The molecule has 0 aliphatic rings. The quantitative estimate of drug-likeness (QED) is 0.573. The normalized spacial score (nSPS) is 10.9. The molecule has 15 heavy (non-hydrogen) atoms. The smallest absolute Gasteiger partial charge is 0.332 e. The zero-order chi connectivity index (χ0) is 11.1. The molecule has 0 fully saturated rings. The predicted molar refractivity (Wildman–Crippen MR) is 57.8 cm³/mol. The van der Waals surface area contributed by atoms with Crippen LogP contribution in [0.25, 0.3) is 0 Å². The number of hydrogen-bond acceptors (Lipinski definition) is 3. The van der Waals surface area contributed by atoms with Gasteiger partial charge in [0.15, 0.2) is 0 Å². The number of rotatable bonds is 4. The molecule has 80 valence electrons. The van der Waals surface area contributed by atoms with E-state index in [1.165, 1.54) is 0 Å². The standard InChI is InChI=1S/C10H13N3O2/c1-8(12-13-10(11)14)7-15-9-5-3-2-4-6-9/h2-6H,7H2,1H3,(H3,11,13,14). The summed E-state index contributed by atoms with van der Waals surface area (Å²) in [5.74, 6) is 0.756. The number of nitrogens with zero attached hydrogens (tertiary/aromatic N) is 1. The molecule has 0 aliphatic carbocycles. The third-order valence-electron chi connectivity index (χ3n) is 1.55. The highest BCUT2D eigenvalue weighted by Gasteiger charge is 1.95. The van der Waals surface area contributed by atoms with Crippen molar-refractivity contribution >= 4 is 11.7 Å². The minimum Gasteiger partial charge on any atom is -0.488 e. The molecule has 0 bridgehead atoms. The molecule has 0 heterocycles. The van der Waals surface area contributed by atoms with Crippen LogP contribution in [0.4, 0.5) is 4.79 Å². The van der Waals surface area contributed by atoms with Gasteiger partial charge in [0.2, 0.25) is 0 Å². The van der Waals surface area contributed by atoms with Crippen molar-refractivity contribution in [1.29, 1.82) is 0 Å². The van der Waals surface area contributed by atoms with Gasteiger partial charge in [0.05, 0.1) is 5.71 Å². The van der Waals surface area contributed by atoms with Crippen molar-refractivity contribution < 1.29 is 9.53 Å². The van der Waals surface area contributed by atoms with E-state index in [0.29, 0.717) is 12.3 Å². The van der Waals surface area contributed by atoms with Gasteiger partial charge in [-0.1, -0.05) is 18.2 Å². The van der Waals surface area contributed by atoms with Crippen molar-refractivity contribution in [2.75, 3.05) is 6.61 Å². The molecule has 1 aromatic carbocycles. The number of para-hydroxylation sites is 1. The molecule has 1 rings (SSSR count). The number of carbonyl (C=O) groups is 1. The summed E-state index contributed by atoms with van der Waals surface area (Å²) in [4.78, 5) is 10.3. The van der Waals surface area contributed by atoms with Crippen molar-refractivity contribution in [2.45, 2.75) is 6.92 Å². The first-order chi connectivity index (χ1) is 7.18. The monoisotopic (exact) mass is 207 g/mol. The summed E-state index contributed by atoms with van der Waals surface area (Å²) in [5, 5.41) is 3.71. The predicted octanol–water partition coefficient (Wildman–Crippen LogP) is 1.11. The third kappa shape index (κ3) is 4.66. The number of amides is 2. The SMILES string of the molecule is CC(COc1ccccc1)=NNC(N)=O. The molecule has 0 saturated heterocycles. The molecule has 5 nitrogen and oxygen atoms in total. The molecule has 0 aromatic heterocycles. The molecule has 0 radical (unpaired) electrons. The lowest BCUT2D eigenvalue weighted by Gasteiger charge is -2.04. The van der Waals surface area contributed by atoms with Crippen LogP contribution in [-0.4, -0.2) is 18.3 Å². The van der Waals surface area contributed by atoms with Crippen molar-refractivity contribution in [3.05, 3.63) is 30.3 Å². The summed E-state index contributed by atoms with van der Waals surface area (Å²) < 4.78 is 5.38. The fourth-order valence-corrected chi connectivity index (χ4v) is 0.887. The second-order valence-corrected chi connectivity index (χ2v) is 2.92. The average Bonchev–Trinajstić information content (AvgIpc) is 2.25. The summed E-state index contributed by atoms with van der Waals surface area (Å²) in [6.45, 7) is 2.04. The van der Waals surface area contributed by atoms with Gasteiger partial charge in [-0.25, -0.2) is 10.2 Å². The van der Waals surface area contributed by atoms with Crippen LogP contribution >= 0.6 is 0 Å². The number of nitrogens with two attached hydrogens (primary N) is 1. The van der Waals surface area contributed by atoms with Gasteiger partial charge in [-0.15, -0.1) is 0 Å². The molecule has 2 amide bonds. The Morgan fingerprint density at radius 3 is 2.73 bits per heavy atom. The van der Waals surface area contributed by atoms with E-state index in [2.05, 4.69) is 10.5 Å². The van der Waals surface area contributed by atoms with Gasteiger partial charge in [0.1, 0.15) is 12.4 Å². The topological polar surface area (TPSA) is 76.7 Å². The highest BCUT2D eigenvalue weighted by molar-refractivity contribution is 5.84. The number of benzene rings is 1. The van der Waals surface area contributed by atoms with Crippen LogP contribution in [0.15, 0.2) is 35.4 Å². The fraction of sp³-hybridized carbons (Fsp3) is 0.200. The van der Waals surface area contributed by atoms with Crippen LogP contribution in [-0.2, 0) is 0 Å². The van der Waals surface area contributed by atoms with Crippen LogP contribution in [0.3, 0.4) is 0 Å². The van der Waals surface area contributed by atoms with Gasteiger partial charge in [0.25, 0.3) is 0 Å². The maximum atomic E-state index is 10.3.